The van der Waals surface area contributed by atoms with Gasteiger partial charge in [0.05, 0.1) is 16.7 Å². The Kier molecular flexibility index (Phi) is 5.06. The molecule has 0 aliphatic rings. The number of aliphatic hydroxyl groups is 1. The summed E-state index contributed by atoms with van der Waals surface area (Å²) >= 11 is 1.20. The molecule has 0 saturated heterocycles. The number of thiazole rings is 1. The fraction of sp³-hybridized carbons (Fsp3) is 0.222. The smallest absolute Gasteiger partial charge is 0.387 e. The lowest BCUT2D eigenvalue weighted by atomic mass is 10.1. The molecule has 136 valence electrons. The fourth-order valence-electron chi connectivity index (χ4n) is 2.47. The van der Waals surface area contributed by atoms with Crippen LogP contribution in [0, 0.1) is 12.7 Å². The van der Waals surface area contributed by atoms with Crippen molar-refractivity contribution in [3.63, 3.8) is 0 Å². The highest BCUT2D eigenvalue weighted by atomic mass is 32.1. The summed E-state index contributed by atoms with van der Waals surface area (Å²) in [6.07, 6.45) is -3.92. The molecule has 3 nitrogen and oxygen atoms in total. The van der Waals surface area contributed by atoms with Crippen molar-refractivity contribution in [1.82, 2.24) is 9.97 Å². The molecule has 0 saturated carbocycles. The third-order valence-corrected chi connectivity index (χ3v) is 5.09. The SMILES string of the molecule is Cc1nc(-c2ccc(C(F)(F)F)nc2)sc1C(O)Cc1ccc(F)cc1. The minimum Gasteiger partial charge on any atom is -0.387 e. The van der Waals surface area contributed by atoms with Gasteiger partial charge in [-0.15, -0.1) is 11.3 Å². The summed E-state index contributed by atoms with van der Waals surface area (Å²) in [4.78, 5) is 8.37. The van der Waals surface area contributed by atoms with Gasteiger partial charge in [0.25, 0.3) is 0 Å². The first-order valence-corrected chi connectivity index (χ1v) is 8.49. The monoisotopic (exact) mass is 382 g/mol. The van der Waals surface area contributed by atoms with Crippen molar-refractivity contribution < 1.29 is 22.7 Å². The molecule has 0 aliphatic heterocycles. The van der Waals surface area contributed by atoms with Gasteiger partial charge in [-0.3, -0.25) is 4.98 Å². The van der Waals surface area contributed by atoms with Crippen molar-refractivity contribution in [2.24, 2.45) is 0 Å². The van der Waals surface area contributed by atoms with Gasteiger partial charge in [-0.05, 0) is 36.8 Å². The molecule has 0 fully saturated rings. The highest BCUT2D eigenvalue weighted by molar-refractivity contribution is 7.15. The zero-order valence-corrected chi connectivity index (χ0v) is 14.4. The van der Waals surface area contributed by atoms with E-state index in [0.29, 0.717) is 21.1 Å². The van der Waals surface area contributed by atoms with E-state index in [-0.39, 0.29) is 12.2 Å². The molecular formula is C18H14F4N2OS. The summed E-state index contributed by atoms with van der Waals surface area (Å²) in [7, 11) is 0. The van der Waals surface area contributed by atoms with E-state index in [1.807, 2.05) is 0 Å². The largest absolute Gasteiger partial charge is 0.433 e. The minimum absolute atomic E-state index is 0.286. The number of aliphatic hydroxyl groups excluding tert-OH is 1. The quantitative estimate of drug-likeness (QED) is 0.650. The second-order valence-electron chi connectivity index (χ2n) is 5.74. The van der Waals surface area contributed by atoms with Gasteiger partial charge >= 0.3 is 6.18 Å². The molecule has 1 aromatic carbocycles. The summed E-state index contributed by atoms with van der Waals surface area (Å²) in [6, 6.07) is 8.04. The molecule has 0 amide bonds. The van der Waals surface area contributed by atoms with Crippen molar-refractivity contribution in [3.05, 3.63) is 70.2 Å². The van der Waals surface area contributed by atoms with Crippen LogP contribution in [0.25, 0.3) is 10.6 Å². The Morgan fingerprint density at radius 3 is 2.38 bits per heavy atom. The average molecular weight is 382 g/mol. The van der Waals surface area contributed by atoms with Crippen LogP contribution in [0.1, 0.15) is 27.9 Å². The third kappa shape index (κ3) is 4.08. The van der Waals surface area contributed by atoms with Crippen LogP contribution < -0.4 is 0 Å². The fourth-order valence-corrected chi connectivity index (χ4v) is 3.51. The van der Waals surface area contributed by atoms with Crippen LogP contribution >= 0.6 is 11.3 Å². The highest BCUT2D eigenvalue weighted by Crippen LogP contribution is 2.34. The van der Waals surface area contributed by atoms with E-state index in [4.69, 9.17) is 0 Å². The van der Waals surface area contributed by atoms with Gasteiger partial charge in [-0.25, -0.2) is 9.37 Å². The van der Waals surface area contributed by atoms with Crippen molar-refractivity contribution >= 4 is 11.3 Å². The molecular weight excluding hydrogens is 368 g/mol. The van der Waals surface area contributed by atoms with Gasteiger partial charge in [0.1, 0.15) is 16.5 Å². The molecule has 3 aromatic rings. The first-order chi connectivity index (χ1) is 12.2. The number of halogens is 4. The number of alkyl halides is 3. The first kappa shape index (κ1) is 18.5. The molecule has 1 N–H and O–H groups in total. The molecule has 0 aliphatic carbocycles. The van der Waals surface area contributed by atoms with Crippen molar-refractivity contribution in [2.75, 3.05) is 0 Å². The molecule has 0 spiro atoms. The molecule has 1 unspecified atom stereocenters. The molecule has 0 bridgehead atoms. The van der Waals surface area contributed by atoms with E-state index in [0.717, 1.165) is 17.8 Å². The van der Waals surface area contributed by atoms with Crippen LogP contribution in [0.2, 0.25) is 0 Å². The van der Waals surface area contributed by atoms with Crippen molar-refractivity contribution in [3.8, 4) is 10.6 Å². The van der Waals surface area contributed by atoms with Crippen LogP contribution in [-0.2, 0) is 12.6 Å². The van der Waals surface area contributed by atoms with Gasteiger partial charge < -0.3 is 5.11 Å². The second-order valence-corrected chi connectivity index (χ2v) is 6.78. The summed E-state index contributed by atoms with van der Waals surface area (Å²) < 4.78 is 50.7. The molecule has 2 aromatic heterocycles. The van der Waals surface area contributed by atoms with Gasteiger partial charge in [0.15, 0.2) is 0 Å². The van der Waals surface area contributed by atoms with Gasteiger partial charge in [0, 0.05) is 18.2 Å². The zero-order valence-electron chi connectivity index (χ0n) is 13.6. The van der Waals surface area contributed by atoms with E-state index in [1.165, 1.54) is 29.5 Å². The maximum absolute atomic E-state index is 13.0. The minimum atomic E-state index is -4.49. The predicted octanol–water partition coefficient (Wildman–Crippen LogP) is 4.95. The molecule has 2 heterocycles. The Labute approximate surface area is 151 Å². The molecule has 1 atom stereocenters. The molecule has 3 rings (SSSR count). The second kappa shape index (κ2) is 7.13. The third-order valence-electron chi connectivity index (χ3n) is 3.78. The number of pyridine rings is 1. The number of benzene rings is 1. The Morgan fingerprint density at radius 1 is 1.12 bits per heavy atom. The lowest BCUT2D eigenvalue weighted by Crippen LogP contribution is -2.07. The van der Waals surface area contributed by atoms with Crippen LogP contribution in [0.3, 0.4) is 0 Å². The number of aromatic nitrogens is 2. The number of hydrogen-bond acceptors (Lipinski definition) is 4. The van der Waals surface area contributed by atoms with E-state index in [9.17, 15) is 22.7 Å². The molecule has 0 radical (unpaired) electrons. The Bertz CT molecular complexity index is 889. The first-order valence-electron chi connectivity index (χ1n) is 7.67. The van der Waals surface area contributed by atoms with Crippen LogP contribution in [0.15, 0.2) is 42.6 Å². The summed E-state index contributed by atoms with van der Waals surface area (Å²) in [6.45, 7) is 1.72. The normalized spacial score (nSPS) is 13.0. The highest BCUT2D eigenvalue weighted by Gasteiger charge is 2.32. The number of rotatable bonds is 4. The van der Waals surface area contributed by atoms with Gasteiger partial charge in [-0.1, -0.05) is 12.1 Å². The lowest BCUT2D eigenvalue weighted by molar-refractivity contribution is -0.141. The molecule has 26 heavy (non-hydrogen) atoms. The zero-order chi connectivity index (χ0) is 18.9. The number of aryl methyl sites for hydroxylation is 1. The van der Waals surface area contributed by atoms with E-state index in [1.54, 1.807) is 19.1 Å². The van der Waals surface area contributed by atoms with Crippen LogP contribution in [-0.4, -0.2) is 15.1 Å². The lowest BCUT2D eigenvalue weighted by Gasteiger charge is -2.09. The Balaban J connectivity index is 1.81. The van der Waals surface area contributed by atoms with Gasteiger partial charge in [-0.2, -0.15) is 13.2 Å². The maximum Gasteiger partial charge on any atom is 0.433 e. The van der Waals surface area contributed by atoms with Crippen molar-refractivity contribution in [1.29, 1.82) is 0 Å². The van der Waals surface area contributed by atoms with Crippen LogP contribution in [0.4, 0.5) is 17.6 Å². The van der Waals surface area contributed by atoms with E-state index >= 15 is 0 Å². The predicted molar refractivity (Wildman–Crippen MR) is 90.1 cm³/mol. The standard InChI is InChI=1S/C18H14F4N2OS/c1-10-16(14(25)8-11-2-5-13(19)6-3-11)26-17(24-10)12-4-7-15(23-9-12)18(20,21)22/h2-7,9,14,25H,8H2,1H3. The topological polar surface area (TPSA) is 46.0 Å². The Morgan fingerprint density at radius 2 is 1.81 bits per heavy atom. The number of hydrogen-bond donors (Lipinski definition) is 1. The number of nitrogens with zero attached hydrogens (tertiary/aromatic N) is 2. The Hall–Kier alpha value is -2.32. The summed E-state index contributed by atoms with van der Waals surface area (Å²) in [5.74, 6) is -0.352. The average Bonchev–Trinajstić information content (AvgIpc) is 2.98. The summed E-state index contributed by atoms with van der Waals surface area (Å²) in [5.41, 5.74) is 0.849. The van der Waals surface area contributed by atoms with Gasteiger partial charge in [0.2, 0.25) is 0 Å². The van der Waals surface area contributed by atoms with Crippen LogP contribution in [0.5, 0.6) is 0 Å². The van der Waals surface area contributed by atoms with Crippen molar-refractivity contribution in [2.45, 2.75) is 25.6 Å². The molecule has 8 heteroatoms. The maximum atomic E-state index is 13.0. The van der Waals surface area contributed by atoms with E-state index in [2.05, 4.69) is 9.97 Å². The van der Waals surface area contributed by atoms with E-state index < -0.39 is 18.0 Å². The summed E-state index contributed by atoms with van der Waals surface area (Å²) in [5, 5.41) is 10.9.